The van der Waals surface area contributed by atoms with E-state index in [0.717, 1.165) is 35.3 Å². The third-order valence-electron chi connectivity index (χ3n) is 8.77. The number of amides is 2. The van der Waals surface area contributed by atoms with Crippen LogP contribution in [0.15, 0.2) is 60.8 Å². The number of piperidine rings is 2. The van der Waals surface area contributed by atoms with Gasteiger partial charge in [0.25, 0.3) is 5.91 Å². The number of aliphatic hydroxyl groups excluding tert-OH is 1. The summed E-state index contributed by atoms with van der Waals surface area (Å²) in [5, 5.41) is 10.9. The molecule has 226 valence electrons. The molecule has 0 bridgehead atoms. The van der Waals surface area contributed by atoms with Gasteiger partial charge >= 0.3 is 6.09 Å². The second-order valence-corrected chi connectivity index (χ2v) is 11.3. The summed E-state index contributed by atoms with van der Waals surface area (Å²) in [5.74, 6) is 1.02. The first-order valence-corrected chi connectivity index (χ1v) is 14.9. The third kappa shape index (κ3) is 6.03. The number of carbonyl (C=O) groups excluding carboxylic acids is 2. The Hall–Kier alpha value is -4.15. The Bertz CT molecular complexity index is 1470. The van der Waals surface area contributed by atoms with Gasteiger partial charge in [0.2, 0.25) is 0 Å². The number of rotatable bonds is 7. The second kappa shape index (κ2) is 12.6. The number of likely N-dealkylation sites (tertiary alicyclic amines) is 2. The standard InChI is InChI=1S/C33H38N4O6/c1-22-27(7-5-15-34-22)31(38)36-18-13-25(14-19-36)43-26-9-10-28(30(20-26)41-2)32(39)35-16-11-24(12-17-35)37-29-8-4-3-6-23(29)21-42-33(37)40/h3-10,15,20,24-25,31,38H,11-14,16-19,21H2,1-2H3. The van der Waals surface area contributed by atoms with Gasteiger partial charge in [-0.15, -0.1) is 0 Å². The van der Waals surface area contributed by atoms with Crippen molar-refractivity contribution in [3.05, 3.63) is 83.2 Å². The average molecular weight is 587 g/mol. The molecule has 0 aliphatic carbocycles. The van der Waals surface area contributed by atoms with Gasteiger partial charge in [0.15, 0.2) is 0 Å². The molecular weight excluding hydrogens is 548 g/mol. The van der Waals surface area contributed by atoms with Crippen LogP contribution in [-0.2, 0) is 11.3 Å². The largest absolute Gasteiger partial charge is 0.496 e. The molecule has 2 amide bonds. The molecule has 3 aliphatic rings. The van der Waals surface area contributed by atoms with Crippen molar-refractivity contribution in [2.24, 2.45) is 0 Å². The van der Waals surface area contributed by atoms with Crippen LogP contribution in [0.3, 0.4) is 0 Å². The first kappa shape index (κ1) is 28.9. The molecule has 3 aliphatic heterocycles. The number of ether oxygens (including phenoxy) is 3. The summed E-state index contributed by atoms with van der Waals surface area (Å²) in [6.45, 7) is 4.65. The minimum absolute atomic E-state index is 0.00432. The molecular formula is C33H38N4O6. The Kier molecular flexibility index (Phi) is 8.49. The lowest BCUT2D eigenvalue weighted by Crippen LogP contribution is -2.50. The van der Waals surface area contributed by atoms with Crippen LogP contribution in [-0.4, -0.2) is 77.3 Å². The lowest BCUT2D eigenvalue weighted by molar-refractivity contribution is -0.0307. The Morgan fingerprint density at radius 2 is 1.79 bits per heavy atom. The van der Waals surface area contributed by atoms with Gasteiger partial charge in [-0.05, 0) is 56.9 Å². The summed E-state index contributed by atoms with van der Waals surface area (Å²) in [7, 11) is 1.56. The number of aliphatic hydroxyl groups is 1. The molecule has 1 N–H and O–H groups in total. The lowest BCUT2D eigenvalue weighted by Gasteiger charge is -2.40. The molecule has 4 heterocycles. The van der Waals surface area contributed by atoms with Gasteiger partial charge in [0.05, 0.1) is 18.4 Å². The van der Waals surface area contributed by atoms with Crippen molar-refractivity contribution in [1.82, 2.24) is 14.8 Å². The number of para-hydroxylation sites is 1. The van der Waals surface area contributed by atoms with E-state index in [9.17, 15) is 14.7 Å². The second-order valence-electron chi connectivity index (χ2n) is 11.3. The number of anilines is 1. The molecule has 10 heteroatoms. The number of carbonyl (C=O) groups is 2. The van der Waals surface area contributed by atoms with Gasteiger partial charge in [-0.2, -0.15) is 0 Å². The van der Waals surface area contributed by atoms with Crippen molar-refractivity contribution in [3.8, 4) is 11.5 Å². The molecule has 3 aromatic rings. The quantitative estimate of drug-likeness (QED) is 0.425. The SMILES string of the molecule is COc1cc(OC2CCN(C(O)c3cccnc3C)CC2)ccc1C(=O)N1CCC(N2C(=O)OCc3ccccc32)CC1. The number of methoxy groups -OCH3 is 1. The minimum atomic E-state index is -0.686. The number of hydrogen-bond acceptors (Lipinski definition) is 8. The monoisotopic (exact) mass is 586 g/mol. The van der Waals surface area contributed by atoms with Crippen LogP contribution in [0, 0.1) is 6.92 Å². The minimum Gasteiger partial charge on any atom is -0.496 e. The number of cyclic esters (lactones) is 1. The van der Waals surface area contributed by atoms with E-state index in [2.05, 4.69) is 4.98 Å². The maximum Gasteiger partial charge on any atom is 0.414 e. The topological polar surface area (TPSA) is 105 Å². The highest BCUT2D eigenvalue weighted by Crippen LogP contribution is 2.34. The predicted molar refractivity (Wildman–Crippen MR) is 160 cm³/mol. The number of pyridine rings is 1. The Morgan fingerprint density at radius 1 is 1.02 bits per heavy atom. The summed E-state index contributed by atoms with van der Waals surface area (Å²) >= 11 is 0. The van der Waals surface area contributed by atoms with Crippen LogP contribution in [0.1, 0.15) is 59.1 Å². The predicted octanol–water partition coefficient (Wildman–Crippen LogP) is 4.69. The van der Waals surface area contributed by atoms with Crippen LogP contribution in [0.25, 0.3) is 0 Å². The van der Waals surface area contributed by atoms with E-state index in [0.29, 0.717) is 56.1 Å². The van der Waals surface area contributed by atoms with E-state index in [1.807, 2.05) is 59.2 Å². The number of aryl methyl sites for hydroxylation is 1. The van der Waals surface area contributed by atoms with Gasteiger partial charge in [-0.1, -0.05) is 24.3 Å². The normalized spacial score (nSPS) is 19.0. The zero-order chi connectivity index (χ0) is 29.9. The summed E-state index contributed by atoms with van der Waals surface area (Å²) in [5.41, 5.74) is 4.04. The van der Waals surface area contributed by atoms with Crippen LogP contribution in [0.2, 0.25) is 0 Å². The van der Waals surface area contributed by atoms with E-state index >= 15 is 0 Å². The van der Waals surface area contributed by atoms with E-state index < -0.39 is 6.23 Å². The zero-order valence-corrected chi connectivity index (χ0v) is 24.6. The number of nitrogens with zero attached hydrogens (tertiary/aromatic N) is 4. The molecule has 10 nitrogen and oxygen atoms in total. The Labute approximate surface area is 251 Å². The average Bonchev–Trinajstić information content (AvgIpc) is 3.05. The molecule has 1 unspecified atom stereocenters. The zero-order valence-electron chi connectivity index (χ0n) is 24.6. The molecule has 2 fully saturated rings. The van der Waals surface area contributed by atoms with Gasteiger partial charge < -0.3 is 24.2 Å². The number of benzene rings is 2. The molecule has 2 aromatic carbocycles. The smallest absolute Gasteiger partial charge is 0.414 e. The molecule has 43 heavy (non-hydrogen) atoms. The van der Waals surface area contributed by atoms with E-state index in [-0.39, 0.29) is 30.8 Å². The molecule has 0 saturated carbocycles. The highest BCUT2D eigenvalue weighted by atomic mass is 16.6. The first-order valence-electron chi connectivity index (χ1n) is 14.9. The van der Waals surface area contributed by atoms with E-state index in [4.69, 9.17) is 14.2 Å². The van der Waals surface area contributed by atoms with Crippen LogP contribution < -0.4 is 14.4 Å². The molecule has 1 aromatic heterocycles. The lowest BCUT2D eigenvalue weighted by atomic mass is 10.00. The fourth-order valence-electron chi connectivity index (χ4n) is 6.34. The Balaban J connectivity index is 1.05. The van der Waals surface area contributed by atoms with Crippen LogP contribution in [0.4, 0.5) is 10.5 Å². The number of aromatic nitrogens is 1. The van der Waals surface area contributed by atoms with Gasteiger partial charge in [0.1, 0.15) is 30.4 Å². The van der Waals surface area contributed by atoms with Gasteiger partial charge in [-0.3, -0.25) is 19.6 Å². The van der Waals surface area contributed by atoms with Crippen molar-refractivity contribution in [1.29, 1.82) is 0 Å². The van der Waals surface area contributed by atoms with Crippen molar-refractivity contribution in [3.63, 3.8) is 0 Å². The molecule has 0 spiro atoms. The van der Waals surface area contributed by atoms with Gasteiger partial charge in [0, 0.05) is 61.3 Å². The highest BCUT2D eigenvalue weighted by Gasteiger charge is 2.35. The maximum absolute atomic E-state index is 13.5. The maximum atomic E-state index is 13.5. The van der Waals surface area contributed by atoms with Crippen LogP contribution >= 0.6 is 0 Å². The summed E-state index contributed by atoms with van der Waals surface area (Å²) < 4.78 is 17.3. The number of fused-ring (bicyclic) bond motifs is 1. The molecule has 1 atom stereocenters. The van der Waals surface area contributed by atoms with Crippen molar-refractivity contribution >= 4 is 17.7 Å². The molecule has 2 saturated heterocycles. The van der Waals surface area contributed by atoms with Crippen molar-refractivity contribution in [2.75, 3.05) is 38.2 Å². The summed E-state index contributed by atoms with van der Waals surface area (Å²) in [6.07, 6.45) is 3.57. The van der Waals surface area contributed by atoms with Crippen molar-refractivity contribution in [2.45, 2.75) is 57.6 Å². The fourth-order valence-corrected chi connectivity index (χ4v) is 6.34. The van der Waals surface area contributed by atoms with Crippen LogP contribution in [0.5, 0.6) is 11.5 Å². The van der Waals surface area contributed by atoms with E-state index in [1.54, 1.807) is 30.3 Å². The van der Waals surface area contributed by atoms with E-state index in [1.165, 1.54) is 0 Å². The third-order valence-corrected chi connectivity index (χ3v) is 8.77. The first-order chi connectivity index (χ1) is 20.9. The summed E-state index contributed by atoms with van der Waals surface area (Å²) in [6, 6.07) is 16.9. The fraction of sp³-hybridized carbons (Fsp3) is 0.424. The summed E-state index contributed by atoms with van der Waals surface area (Å²) in [4.78, 5) is 36.1. The van der Waals surface area contributed by atoms with Gasteiger partial charge in [-0.25, -0.2) is 4.79 Å². The molecule has 6 rings (SSSR count). The number of hydrogen-bond donors (Lipinski definition) is 1. The Morgan fingerprint density at radius 3 is 2.53 bits per heavy atom. The molecule has 0 radical (unpaired) electrons. The van der Waals surface area contributed by atoms with Crippen molar-refractivity contribution < 1.29 is 28.9 Å². The highest BCUT2D eigenvalue weighted by molar-refractivity contribution is 5.97.